The van der Waals surface area contributed by atoms with E-state index in [9.17, 15) is 27.2 Å². The van der Waals surface area contributed by atoms with E-state index in [-0.39, 0.29) is 12.2 Å². The average molecular weight is 385 g/mol. The lowest BCUT2D eigenvalue weighted by Gasteiger charge is -2.19. The Labute approximate surface area is 151 Å². The van der Waals surface area contributed by atoms with Crippen molar-refractivity contribution < 1.29 is 32.3 Å². The molecule has 0 bridgehead atoms. The Balaban J connectivity index is 2.04. The minimum Gasteiger partial charge on any atom is -0.479 e. The standard InChI is InChI=1S/C17H15F4N3O3/c1-10-4-2-3-5-12(10)24-13(17(19,20)21)11(8-22-24)14(25)23-7-6-16(18,9-23)15(26)27/h2-5,8H,6-7,9H2,1H3,(H,26,27). The average Bonchev–Trinajstić information content (AvgIpc) is 3.19. The number of benzene rings is 1. The zero-order chi connectivity index (χ0) is 20.0. The second kappa shape index (κ2) is 6.36. The summed E-state index contributed by atoms with van der Waals surface area (Å²) in [6.45, 7) is 0.492. The molecule has 0 spiro atoms. The second-order valence-corrected chi connectivity index (χ2v) is 6.35. The number of carboxylic acid groups (broad SMARTS) is 1. The molecular weight excluding hydrogens is 370 g/mol. The van der Waals surface area contributed by atoms with Gasteiger partial charge in [-0.3, -0.25) is 4.79 Å². The summed E-state index contributed by atoms with van der Waals surface area (Å²) in [7, 11) is 0. The highest BCUT2D eigenvalue weighted by Gasteiger charge is 2.49. The number of aliphatic carboxylic acids is 1. The molecular formula is C17H15F4N3O3. The highest BCUT2D eigenvalue weighted by Crippen LogP contribution is 2.36. The maximum absolute atomic E-state index is 14.2. The molecule has 144 valence electrons. The molecule has 2 aromatic rings. The molecule has 1 aliphatic rings. The van der Waals surface area contributed by atoms with Gasteiger partial charge in [-0.15, -0.1) is 0 Å². The minimum absolute atomic E-state index is 0.149. The van der Waals surface area contributed by atoms with E-state index in [1.165, 1.54) is 12.1 Å². The first kappa shape index (κ1) is 18.9. The van der Waals surface area contributed by atoms with Gasteiger partial charge in [-0.25, -0.2) is 13.9 Å². The predicted molar refractivity (Wildman–Crippen MR) is 85.3 cm³/mol. The quantitative estimate of drug-likeness (QED) is 0.825. The Hall–Kier alpha value is -2.91. The highest BCUT2D eigenvalue weighted by molar-refractivity contribution is 5.96. The van der Waals surface area contributed by atoms with Gasteiger partial charge in [-0.1, -0.05) is 18.2 Å². The van der Waals surface area contributed by atoms with E-state index in [2.05, 4.69) is 5.10 Å². The van der Waals surface area contributed by atoms with Gasteiger partial charge in [0, 0.05) is 13.0 Å². The van der Waals surface area contributed by atoms with Crippen molar-refractivity contribution in [3.8, 4) is 5.69 Å². The number of rotatable bonds is 3. The molecule has 0 radical (unpaired) electrons. The maximum atomic E-state index is 14.2. The van der Waals surface area contributed by atoms with Crippen LogP contribution >= 0.6 is 0 Å². The topological polar surface area (TPSA) is 75.4 Å². The van der Waals surface area contributed by atoms with Crippen molar-refractivity contribution in [1.82, 2.24) is 14.7 Å². The first-order valence-corrected chi connectivity index (χ1v) is 7.97. The Kier molecular flexibility index (Phi) is 4.44. The van der Waals surface area contributed by atoms with Gasteiger partial charge in [0.25, 0.3) is 5.91 Å². The van der Waals surface area contributed by atoms with Gasteiger partial charge in [0.05, 0.1) is 24.0 Å². The fraction of sp³-hybridized carbons (Fsp3) is 0.353. The van der Waals surface area contributed by atoms with Gasteiger partial charge >= 0.3 is 12.1 Å². The summed E-state index contributed by atoms with van der Waals surface area (Å²) < 4.78 is 55.9. The number of amides is 1. The fourth-order valence-corrected chi connectivity index (χ4v) is 3.05. The summed E-state index contributed by atoms with van der Waals surface area (Å²) in [4.78, 5) is 24.3. The molecule has 1 aromatic heterocycles. The van der Waals surface area contributed by atoms with Crippen LogP contribution in [-0.2, 0) is 11.0 Å². The van der Waals surface area contributed by atoms with Crippen molar-refractivity contribution in [2.75, 3.05) is 13.1 Å². The highest BCUT2D eigenvalue weighted by atomic mass is 19.4. The van der Waals surface area contributed by atoms with Crippen LogP contribution in [0.3, 0.4) is 0 Å². The molecule has 1 saturated heterocycles. The van der Waals surface area contributed by atoms with E-state index >= 15 is 0 Å². The number of carbonyl (C=O) groups excluding carboxylic acids is 1. The molecule has 0 saturated carbocycles. The SMILES string of the molecule is Cc1ccccc1-n1ncc(C(=O)N2CCC(F)(C(=O)O)C2)c1C(F)(F)F. The number of nitrogens with zero attached hydrogens (tertiary/aromatic N) is 3. The smallest absolute Gasteiger partial charge is 0.434 e. The number of para-hydroxylation sites is 1. The third-order valence-corrected chi connectivity index (χ3v) is 4.50. The monoisotopic (exact) mass is 385 g/mol. The van der Waals surface area contributed by atoms with Crippen molar-refractivity contribution in [1.29, 1.82) is 0 Å². The van der Waals surface area contributed by atoms with Gasteiger partial charge in [0.1, 0.15) is 0 Å². The van der Waals surface area contributed by atoms with Crippen molar-refractivity contribution in [2.24, 2.45) is 0 Å². The van der Waals surface area contributed by atoms with E-state index in [0.29, 0.717) is 10.2 Å². The lowest BCUT2D eigenvalue weighted by molar-refractivity contribution is -0.149. The van der Waals surface area contributed by atoms with Crippen molar-refractivity contribution in [3.05, 3.63) is 47.3 Å². The van der Waals surface area contributed by atoms with Crippen LogP contribution in [-0.4, -0.2) is 50.4 Å². The van der Waals surface area contributed by atoms with Crippen LogP contribution in [0.5, 0.6) is 0 Å². The zero-order valence-corrected chi connectivity index (χ0v) is 14.1. The van der Waals surface area contributed by atoms with Crippen LogP contribution in [0, 0.1) is 6.92 Å². The van der Waals surface area contributed by atoms with Crippen LogP contribution in [0.4, 0.5) is 17.6 Å². The number of carbonyl (C=O) groups is 2. The molecule has 1 amide bonds. The molecule has 1 aromatic carbocycles. The van der Waals surface area contributed by atoms with Gasteiger partial charge in [0.2, 0.25) is 5.67 Å². The molecule has 3 rings (SSSR count). The number of halogens is 4. The Morgan fingerprint density at radius 1 is 1.26 bits per heavy atom. The molecule has 1 unspecified atom stereocenters. The maximum Gasteiger partial charge on any atom is 0.434 e. The number of likely N-dealkylation sites (tertiary alicyclic amines) is 1. The zero-order valence-electron chi connectivity index (χ0n) is 14.1. The van der Waals surface area contributed by atoms with Crippen molar-refractivity contribution in [3.63, 3.8) is 0 Å². The molecule has 0 aliphatic carbocycles. The number of alkyl halides is 4. The normalized spacial score (nSPS) is 20.1. The van der Waals surface area contributed by atoms with Crippen LogP contribution in [0.15, 0.2) is 30.5 Å². The molecule has 1 N–H and O–H groups in total. The number of hydrogen-bond donors (Lipinski definition) is 1. The first-order chi connectivity index (χ1) is 12.5. The number of aromatic nitrogens is 2. The largest absolute Gasteiger partial charge is 0.479 e. The summed E-state index contributed by atoms with van der Waals surface area (Å²) in [5, 5.41) is 12.6. The Morgan fingerprint density at radius 2 is 1.93 bits per heavy atom. The molecule has 27 heavy (non-hydrogen) atoms. The molecule has 6 nitrogen and oxygen atoms in total. The van der Waals surface area contributed by atoms with E-state index in [1.807, 2.05) is 0 Å². The summed E-state index contributed by atoms with van der Waals surface area (Å²) in [5.74, 6) is -2.85. The van der Waals surface area contributed by atoms with E-state index < -0.39 is 47.9 Å². The molecule has 10 heteroatoms. The summed E-state index contributed by atoms with van der Waals surface area (Å²) in [6, 6.07) is 6.22. The van der Waals surface area contributed by atoms with Gasteiger partial charge in [-0.2, -0.15) is 18.3 Å². The van der Waals surface area contributed by atoms with Gasteiger partial charge < -0.3 is 10.0 Å². The lowest BCUT2D eigenvalue weighted by atomic mass is 10.1. The second-order valence-electron chi connectivity index (χ2n) is 6.35. The number of hydrogen-bond acceptors (Lipinski definition) is 3. The summed E-state index contributed by atoms with van der Waals surface area (Å²) in [6.07, 6.45) is -4.61. The van der Waals surface area contributed by atoms with Gasteiger partial charge in [-0.05, 0) is 18.6 Å². The van der Waals surface area contributed by atoms with Crippen LogP contribution in [0.2, 0.25) is 0 Å². The Morgan fingerprint density at radius 3 is 2.48 bits per heavy atom. The van der Waals surface area contributed by atoms with Crippen LogP contribution in [0.25, 0.3) is 5.69 Å². The molecule has 1 fully saturated rings. The van der Waals surface area contributed by atoms with Crippen molar-refractivity contribution in [2.45, 2.75) is 25.2 Å². The van der Waals surface area contributed by atoms with Crippen LogP contribution in [0.1, 0.15) is 28.0 Å². The third-order valence-electron chi connectivity index (χ3n) is 4.50. The van der Waals surface area contributed by atoms with Crippen molar-refractivity contribution >= 4 is 11.9 Å². The fourth-order valence-electron chi connectivity index (χ4n) is 3.05. The van der Waals surface area contributed by atoms with E-state index in [1.54, 1.807) is 19.1 Å². The minimum atomic E-state index is -4.90. The predicted octanol–water partition coefficient (Wildman–Crippen LogP) is 2.84. The Bertz CT molecular complexity index is 909. The third kappa shape index (κ3) is 3.26. The van der Waals surface area contributed by atoms with Gasteiger partial charge in [0.15, 0.2) is 5.69 Å². The molecule has 1 aliphatic heterocycles. The number of carboxylic acids is 1. The molecule has 1 atom stereocenters. The van der Waals surface area contributed by atoms with E-state index in [0.717, 1.165) is 11.1 Å². The summed E-state index contributed by atoms with van der Waals surface area (Å²) in [5.41, 5.74) is -4.04. The first-order valence-electron chi connectivity index (χ1n) is 7.97. The number of aryl methyl sites for hydroxylation is 1. The van der Waals surface area contributed by atoms with Crippen LogP contribution < -0.4 is 0 Å². The lowest BCUT2D eigenvalue weighted by Crippen LogP contribution is -2.39. The molecule has 2 heterocycles. The van der Waals surface area contributed by atoms with E-state index in [4.69, 9.17) is 5.11 Å². The summed E-state index contributed by atoms with van der Waals surface area (Å²) >= 11 is 0.